The quantitative estimate of drug-likeness (QED) is 0.797. The third kappa shape index (κ3) is 2.59. The molecule has 0 N–H and O–H groups in total. The SMILES string of the molecule is CC(C)N1CCN(c2ncc(F)cc2C#N)CC1. The number of halogens is 1. The van der Waals surface area contributed by atoms with Crippen LogP contribution in [0.4, 0.5) is 10.2 Å². The Balaban J connectivity index is 2.13. The van der Waals surface area contributed by atoms with Crippen LogP contribution in [0.2, 0.25) is 0 Å². The largest absolute Gasteiger partial charge is 0.353 e. The van der Waals surface area contributed by atoms with Crippen molar-refractivity contribution in [3.8, 4) is 6.07 Å². The van der Waals surface area contributed by atoms with Gasteiger partial charge in [-0.2, -0.15) is 5.26 Å². The van der Waals surface area contributed by atoms with Crippen LogP contribution in [-0.2, 0) is 0 Å². The van der Waals surface area contributed by atoms with E-state index in [1.54, 1.807) is 0 Å². The number of pyridine rings is 1. The minimum absolute atomic E-state index is 0.313. The van der Waals surface area contributed by atoms with Gasteiger partial charge in [0, 0.05) is 32.2 Å². The molecule has 1 aliphatic rings. The molecule has 0 saturated carbocycles. The Hall–Kier alpha value is -1.67. The molecule has 1 fully saturated rings. The first-order valence-electron chi connectivity index (χ1n) is 6.16. The van der Waals surface area contributed by atoms with Gasteiger partial charge in [0.1, 0.15) is 17.7 Å². The van der Waals surface area contributed by atoms with Gasteiger partial charge in [-0.25, -0.2) is 9.37 Å². The van der Waals surface area contributed by atoms with E-state index in [0.717, 1.165) is 26.2 Å². The highest BCUT2D eigenvalue weighted by atomic mass is 19.1. The Morgan fingerprint density at radius 3 is 2.56 bits per heavy atom. The molecule has 1 aromatic heterocycles. The van der Waals surface area contributed by atoms with Gasteiger partial charge in [-0.3, -0.25) is 4.90 Å². The fourth-order valence-corrected chi connectivity index (χ4v) is 2.22. The lowest BCUT2D eigenvalue weighted by Crippen LogP contribution is -2.49. The first kappa shape index (κ1) is 12.8. The molecular weight excluding hydrogens is 231 g/mol. The number of aromatic nitrogens is 1. The van der Waals surface area contributed by atoms with Gasteiger partial charge in [-0.05, 0) is 19.9 Å². The Labute approximate surface area is 107 Å². The van der Waals surface area contributed by atoms with E-state index < -0.39 is 5.82 Å². The maximum atomic E-state index is 13.0. The molecule has 4 nitrogen and oxygen atoms in total. The maximum Gasteiger partial charge on any atom is 0.146 e. The highest BCUT2D eigenvalue weighted by Gasteiger charge is 2.21. The Bertz CT molecular complexity index is 459. The van der Waals surface area contributed by atoms with E-state index in [9.17, 15) is 4.39 Å². The van der Waals surface area contributed by atoms with E-state index >= 15 is 0 Å². The van der Waals surface area contributed by atoms with Crippen molar-refractivity contribution in [2.75, 3.05) is 31.1 Å². The molecule has 0 aromatic carbocycles. The Kier molecular flexibility index (Phi) is 3.78. The summed E-state index contributed by atoms with van der Waals surface area (Å²) in [5.74, 6) is 0.137. The van der Waals surface area contributed by atoms with Crippen molar-refractivity contribution in [2.24, 2.45) is 0 Å². The summed E-state index contributed by atoms with van der Waals surface area (Å²) in [5.41, 5.74) is 0.313. The molecule has 0 atom stereocenters. The van der Waals surface area contributed by atoms with Crippen LogP contribution in [0.1, 0.15) is 19.4 Å². The summed E-state index contributed by atoms with van der Waals surface area (Å²) in [5, 5.41) is 9.02. The average molecular weight is 248 g/mol. The van der Waals surface area contributed by atoms with Gasteiger partial charge in [-0.1, -0.05) is 0 Å². The molecule has 0 spiro atoms. The second-order valence-corrected chi connectivity index (χ2v) is 4.75. The summed E-state index contributed by atoms with van der Waals surface area (Å²) in [4.78, 5) is 8.49. The predicted molar refractivity (Wildman–Crippen MR) is 67.8 cm³/mol. The zero-order chi connectivity index (χ0) is 13.1. The normalized spacial score (nSPS) is 16.9. The van der Waals surface area contributed by atoms with E-state index in [-0.39, 0.29) is 0 Å². The summed E-state index contributed by atoms with van der Waals surface area (Å²) in [7, 11) is 0. The van der Waals surface area contributed by atoms with Gasteiger partial charge in [-0.15, -0.1) is 0 Å². The first-order valence-corrected chi connectivity index (χ1v) is 6.16. The third-order valence-electron chi connectivity index (χ3n) is 3.30. The van der Waals surface area contributed by atoms with Crippen LogP contribution in [0.15, 0.2) is 12.3 Å². The zero-order valence-corrected chi connectivity index (χ0v) is 10.7. The molecule has 18 heavy (non-hydrogen) atoms. The van der Waals surface area contributed by atoms with E-state index in [0.29, 0.717) is 17.4 Å². The molecule has 2 heterocycles. The summed E-state index contributed by atoms with van der Waals surface area (Å²) in [6.45, 7) is 7.89. The van der Waals surface area contributed by atoms with E-state index in [1.807, 2.05) is 6.07 Å². The average Bonchev–Trinajstić information content (AvgIpc) is 2.38. The predicted octanol–water partition coefficient (Wildman–Crippen LogP) is 1.62. The molecule has 0 amide bonds. The topological polar surface area (TPSA) is 43.2 Å². The van der Waals surface area contributed by atoms with Crippen molar-refractivity contribution >= 4 is 5.82 Å². The minimum Gasteiger partial charge on any atom is -0.353 e. The van der Waals surface area contributed by atoms with Crippen LogP contribution in [0.25, 0.3) is 0 Å². The molecule has 5 heteroatoms. The number of hydrogen-bond donors (Lipinski definition) is 0. The lowest BCUT2D eigenvalue weighted by molar-refractivity contribution is 0.209. The molecular formula is C13H17FN4. The van der Waals surface area contributed by atoms with Crippen molar-refractivity contribution in [1.29, 1.82) is 5.26 Å². The highest BCUT2D eigenvalue weighted by molar-refractivity contribution is 5.53. The van der Waals surface area contributed by atoms with Crippen LogP contribution in [0, 0.1) is 17.1 Å². The zero-order valence-electron chi connectivity index (χ0n) is 10.7. The van der Waals surface area contributed by atoms with Crippen LogP contribution in [0.3, 0.4) is 0 Å². The van der Waals surface area contributed by atoms with Gasteiger partial charge >= 0.3 is 0 Å². The molecule has 1 saturated heterocycles. The second-order valence-electron chi connectivity index (χ2n) is 4.75. The number of nitrogens with zero attached hydrogens (tertiary/aromatic N) is 4. The van der Waals surface area contributed by atoms with E-state index in [1.165, 1.54) is 12.3 Å². The van der Waals surface area contributed by atoms with Crippen molar-refractivity contribution in [3.63, 3.8) is 0 Å². The first-order chi connectivity index (χ1) is 8.61. The van der Waals surface area contributed by atoms with E-state index in [2.05, 4.69) is 28.6 Å². The molecule has 96 valence electrons. The van der Waals surface area contributed by atoms with Gasteiger partial charge in [0.2, 0.25) is 0 Å². The van der Waals surface area contributed by atoms with Crippen LogP contribution >= 0.6 is 0 Å². The highest BCUT2D eigenvalue weighted by Crippen LogP contribution is 2.19. The Morgan fingerprint density at radius 1 is 1.33 bits per heavy atom. The fourth-order valence-electron chi connectivity index (χ4n) is 2.22. The lowest BCUT2D eigenvalue weighted by atomic mass is 10.2. The molecule has 0 radical (unpaired) electrons. The minimum atomic E-state index is -0.462. The molecule has 0 aliphatic carbocycles. The number of hydrogen-bond acceptors (Lipinski definition) is 4. The number of rotatable bonds is 2. The standard InChI is InChI=1S/C13H17FN4/c1-10(2)17-3-5-18(6-4-17)13-11(8-15)7-12(14)9-16-13/h7,9-10H,3-6H2,1-2H3. The summed E-state index contributed by atoms with van der Waals surface area (Å²) in [6.07, 6.45) is 1.17. The number of nitriles is 1. The van der Waals surface area contributed by atoms with Crippen molar-refractivity contribution in [2.45, 2.75) is 19.9 Å². The van der Waals surface area contributed by atoms with Crippen molar-refractivity contribution in [3.05, 3.63) is 23.6 Å². The number of piperazine rings is 1. The van der Waals surface area contributed by atoms with E-state index in [4.69, 9.17) is 5.26 Å². The smallest absolute Gasteiger partial charge is 0.146 e. The summed E-state index contributed by atoms with van der Waals surface area (Å²) < 4.78 is 13.0. The third-order valence-corrected chi connectivity index (χ3v) is 3.30. The molecule has 0 unspecified atom stereocenters. The van der Waals surface area contributed by atoms with Gasteiger partial charge in [0.25, 0.3) is 0 Å². The van der Waals surface area contributed by atoms with Crippen LogP contribution in [-0.4, -0.2) is 42.1 Å². The van der Waals surface area contributed by atoms with Gasteiger partial charge in [0.15, 0.2) is 0 Å². The van der Waals surface area contributed by atoms with Crippen molar-refractivity contribution < 1.29 is 4.39 Å². The van der Waals surface area contributed by atoms with Crippen LogP contribution < -0.4 is 4.90 Å². The fraction of sp³-hybridized carbons (Fsp3) is 0.538. The van der Waals surface area contributed by atoms with Crippen LogP contribution in [0.5, 0.6) is 0 Å². The van der Waals surface area contributed by atoms with Crippen molar-refractivity contribution in [1.82, 2.24) is 9.88 Å². The maximum absolute atomic E-state index is 13.0. The van der Waals surface area contributed by atoms with Gasteiger partial charge < -0.3 is 4.90 Å². The summed E-state index contributed by atoms with van der Waals surface area (Å²) in [6, 6.07) is 3.79. The number of anilines is 1. The molecule has 2 rings (SSSR count). The lowest BCUT2D eigenvalue weighted by Gasteiger charge is -2.37. The second kappa shape index (κ2) is 5.32. The monoisotopic (exact) mass is 248 g/mol. The molecule has 0 bridgehead atoms. The molecule has 1 aliphatic heterocycles. The molecule has 1 aromatic rings. The van der Waals surface area contributed by atoms with Gasteiger partial charge in [0.05, 0.1) is 11.8 Å². The summed E-state index contributed by atoms with van der Waals surface area (Å²) >= 11 is 0. The Morgan fingerprint density at radius 2 is 2.00 bits per heavy atom.